The van der Waals surface area contributed by atoms with Gasteiger partial charge in [0.25, 0.3) is 0 Å². The van der Waals surface area contributed by atoms with E-state index in [1.54, 1.807) is 18.4 Å². The number of thiophene rings is 1. The number of hydrogen-bond acceptors (Lipinski definition) is 14. The highest BCUT2D eigenvalue weighted by Gasteiger charge is 2.32. The molecular formula is C44H50ClN11O7S. The van der Waals surface area contributed by atoms with E-state index in [-0.39, 0.29) is 100 Å². The van der Waals surface area contributed by atoms with Crippen molar-refractivity contribution in [2.45, 2.75) is 65.5 Å². The van der Waals surface area contributed by atoms with Gasteiger partial charge in [0.1, 0.15) is 34.8 Å². The number of hydrogen-bond donors (Lipinski definition) is 4. The number of ether oxygens (including phenoxy) is 3. The Kier molecular flexibility index (Phi) is 15.0. The zero-order chi connectivity index (χ0) is 45.3. The smallest absolute Gasteiger partial charge is 0.328 e. The number of imidazole rings is 1. The van der Waals surface area contributed by atoms with Crippen LogP contribution in [-0.4, -0.2) is 104 Å². The van der Waals surface area contributed by atoms with Crippen molar-refractivity contribution in [1.29, 1.82) is 0 Å². The molecule has 18 nitrogen and oxygen atoms in total. The van der Waals surface area contributed by atoms with Crippen molar-refractivity contribution in [2.24, 2.45) is 4.99 Å². The molecule has 1 aliphatic rings. The van der Waals surface area contributed by atoms with Crippen LogP contribution >= 0.6 is 22.9 Å². The van der Waals surface area contributed by atoms with E-state index >= 15 is 0 Å². The number of fused-ring (bicyclic) bond motifs is 4. The van der Waals surface area contributed by atoms with E-state index in [1.165, 1.54) is 4.57 Å². The second-order valence-electron chi connectivity index (χ2n) is 15.2. The molecule has 6 aromatic rings. The highest BCUT2D eigenvalue weighted by Crippen LogP contribution is 2.39. The molecule has 0 spiro atoms. The summed E-state index contributed by atoms with van der Waals surface area (Å²) in [5, 5.41) is 16.1. The summed E-state index contributed by atoms with van der Waals surface area (Å²) < 4.78 is 19.6. The number of nitrogen functional groups attached to an aromatic ring is 1. The minimum absolute atomic E-state index is 0.0234. The number of carbonyl (C=O) groups excluding carboxylic acids is 3. The lowest BCUT2D eigenvalue weighted by Crippen LogP contribution is -2.31. The minimum atomic E-state index is -0.585. The summed E-state index contributed by atoms with van der Waals surface area (Å²) in [4.78, 5) is 68.5. The fraction of sp³-hybridized carbons (Fsp3) is 0.386. The Hall–Kier alpha value is -6.28. The molecule has 0 aliphatic carbocycles. The number of benzene rings is 2. The second kappa shape index (κ2) is 20.9. The average molecular weight is 912 g/mol. The first-order valence-corrected chi connectivity index (χ1v) is 22.0. The Morgan fingerprint density at radius 2 is 1.61 bits per heavy atom. The van der Waals surface area contributed by atoms with Crippen molar-refractivity contribution < 1.29 is 28.6 Å². The van der Waals surface area contributed by atoms with Gasteiger partial charge in [-0.05, 0) is 56.0 Å². The minimum Gasteiger partial charge on any atom is -0.461 e. The van der Waals surface area contributed by atoms with Gasteiger partial charge in [0.2, 0.25) is 11.8 Å². The number of anilines is 1. The number of amides is 2. The maximum absolute atomic E-state index is 13.2. The lowest BCUT2D eigenvalue weighted by Gasteiger charge is -2.13. The molecule has 1 atom stereocenters. The van der Waals surface area contributed by atoms with E-state index in [4.69, 9.17) is 36.5 Å². The molecule has 20 heteroatoms. The highest BCUT2D eigenvalue weighted by atomic mass is 35.5. The number of aromatic nitrogens is 7. The molecule has 0 saturated carbocycles. The Bertz CT molecular complexity index is 2720. The van der Waals surface area contributed by atoms with Gasteiger partial charge in [-0.2, -0.15) is 9.97 Å². The van der Waals surface area contributed by atoms with E-state index in [0.717, 1.165) is 43.4 Å². The molecule has 4 aromatic heterocycles. The SMILES string of the molecule is COCCOc1nc(N)c2[nH]c(=O)n(Cc3ccc(CCC(=O)CCC(=O)NCCOCCNC(=O)C[C@@H]4N=C(c5ccc(Cl)cc5)c5c(sc(C)c5C)-n5c(C)nnc54)cc3)c2n1. The van der Waals surface area contributed by atoms with Crippen LogP contribution in [0.1, 0.15) is 76.1 Å². The number of aryl methyl sites for hydroxylation is 3. The number of aliphatic imine (C=N–C) groups is 1. The third-order valence-electron chi connectivity index (χ3n) is 10.7. The Labute approximate surface area is 377 Å². The summed E-state index contributed by atoms with van der Waals surface area (Å²) in [6, 6.07) is 14.6. The van der Waals surface area contributed by atoms with Gasteiger partial charge in [-0.15, -0.1) is 21.5 Å². The van der Waals surface area contributed by atoms with Crippen molar-refractivity contribution in [1.82, 2.24) is 44.9 Å². The zero-order valence-corrected chi connectivity index (χ0v) is 37.6. The van der Waals surface area contributed by atoms with Gasteiger partial charge in [0, 0.05) is 60.5 Å². The normalized spacial score (nSPS) is 13.3. The van der Waals surface area contributed by atoms with Crippen molar-refractivity contribution in [2.75, 3.05) is 52.4 Å². The topological polar surface area (TPSA) is 236 Å². The van der Waals surface area contributed by atoms with Crippen LogP contribution in [-0.2, 0) is 36.8 Å². The second-order valence-corrected chi connectivity index (χ2v) is 16.9. The number of H-pyrrole nitrogens is 1. The summed E-state index contributed by atoms with van der Waals surface area (Å²) in [6.45, 7) is 7.88. The molecule has 2 amide bonds. The van der Waals surface area contributed by atoms with Crippen LogP contribution in [0.3, 0.4) is 0 Å². The van der Waals surface area contributed by atoms with Crippen LogP contribution in [0.4, 0.5) is 5.82 Å². The molecule has 5 N–H and O–H groups in total. The number of halogens is 1. The molecule has 7 rings (SSSR count). The first-order valence-electron chi connectivity index (χ1n) is 20.8. The molecule has 0 unspecified atom stereocenters. The number of Topliss-reactive ketones (excluding diaryl/α,β-unsaturated/α-hetero) is 1. The van der Waals surface area contributed by atoms with Crippen LogP contribution in [0.2, 0.25) is 5.02 Å². The number of methoxy groups -OCH3 is 1. The van der Waals surface area contributed by atoms with E-state index in [1.807, 2.05) is 60.0 Å². The van der Waals surface area contributed by atoms with E-state index in [2.05, 4.69) is 49.6 Å². The fourth-order valence-electron chi connectivity index (χ4n) is 7.21. The maximum atomic E-state index is 13.2. The lowest BCUT2D eigenvalue weighted by molar-refractivity contribution is -0.125. The summed E-state index contributed by atoms with van der Waals surface area (Å²) in [5.74, 6) is 0.934. The van der Waals surface area contributed by atoms with Crippen LogP contribution in [0.15, 0.2) is 58.3 Å². The number of nitrogens with one attached hydrogen (secondary N) is 3. The highest BCUT2D eigenvalue weighted by molar-refractivity contribution is 7.15. The third kappa shape index (κ3) is 10.9. The third-order valence-corrected chi connectivity index (χ3v) is 12.2. The Morgan fingerprint density at radius 1 is 0.891 bits per heavy atom. The van der Waals surface area contributed by atoms with Crippen LogP contribution in [0, 0.1) is 20.8 Å². The summed E-state index contributed by atoms with van der Waals surface area (Å²) in [5.41, 5.74) is 11.9. The van der Waals surface area contributed by atoms with Crippen molar-refractivity contribution in [3.05, 3.63) is 108 Å². The monoisotopic (exact) mass is 911 g/mol. The van der Waals surface area contributed by atoms with Gasteiger partial charge in [-0.25, -0.2) is 4.79 Å². The summed E-state index contributed by atoms with van der Waals surface area (Å²) in [7, 11) is 1.55. The maximum Gasteiger partial charge on any atom is 0.328 e. The Morgan fingerprint density at radius 3 is 2.34 bits per heavy atom. The van der Waals surface area contributed by atoms with Gasteiger partial charge in [-0.1, -0.05) is 48.0 Å². The largest absolute Gasteiger partial charge is 0.461 e. The first kappa shape index (κ1) is 45.7. The number of ketones is 1. The molecule has 5 heterocycles. The fourth-order valence-corrected chi connectivity index (χ4v) is 8.55. The lowest BCUT2D eigenvalue weighted by atomic mass is 9.99. The molecule has 0 saturated heterocycles. The molecule has 0 fully saturated rings. The Balaban J connectivity index is 0.801. The van der Waals surface area contributed by atoms with Gasteiger partial charge < -0.3 is 35.6 Å². The molecule has 0 radical (unpaired) electrons. The van der Waals surface area contributed by atoms with Gasteiger partial charge in [-0.3, -0.25) is 28.5 Å². The molecule has 1 aliphatic heterocycles. The molecule has 0 bridgehead atoms. The summed E-state index contributed by atoms with van der Waals surface area (Å²) in [6.07, 6.45) is 1.05. The molecule has 336 valence electrons. The predicted molar refractivity (Wildman–Crippen MR) is 243 cm³/mol. The van der Waals surface area contributed by atoms with Crippen molar-refractivity contribution in [3.8, 4) is 11.0 Å². The zero-order valence-electron chi connectivity index (χ0n) is 36.0. The predicted octanol–water partition coefficient (Wildman–Crippen LogP) is 4.51. The van der Waals surface area contributed by atoms with Gasteiger partial charge in [0.05, 0.1) is 38.5 Å². The number of nitrogens with two attached hydrogens (primary N) is 1. The van der Waals surface area contributed by atoms with Crippen LogP contribution < -0.4 is 26.8 Å². The number of aromatic amines is 1. The van der Waals surface area contributed by atoms with Crippen LogP contribution in [0.25, 0.3) is 16.2 Å². The standard InChI is InChI=1S/C44H50ClN11O7S/c1-25-26(2)64-42-36(25)37(30-10-12-31(45)13-11-30)49-33(40-54-53-27(3)56(40)42)23-35(59)48-18-20-62-19-17-47-34(58)16-15-32(57)14-9-28-5-7-29(8-6-28)24-55-41-38(50-44(55)60)39(46)51-43(52-41)63-22-21-61-4/h5-8,10-13,33H,9,14-24H2,1-4H3,(H,47,58)(H,48,59)(H,50,60)(H2,46,51,52)/t33-/m0/s1. The quantitative estimate of drug-likeness (QED) is 0.0731. The number of nitrogens with zero attached hydrogens (tertiary/aromatic N) is 7. The van der Waals surface area contributed by atoms with Crippen LogP contribution in [0.5, 0.6) is 6.01 Å². The molecular weight excluding hydrogens is 862 g/mol. The summed E-state index contributed by atoms with van der Waals surface area (Å²) >= 11 is 7.87. The van der Waals surface area contributed by atoms with E-state index in [9.17, 15) is 19.2 Å². The van der Waals surface area contributed by atoms with Crippen molar-refractivity contribution >= 4 is 63.2 Å². The van der Waals surface area contributed by atoms with Gasteiger partial charge in [0.15, 0.2) is 17.3 Å². The van der Waals surface area contributed by atoms with Crippen molar-refractivity contribution in [3.63, 3.8) is 0 Å². The molecule has 64 heavy (non-hydrogen) atoms. The number of carbonyl (C=O) groups is 3. The molecule has 2 aromatic carbocycles. The van der Waals surface area contributed by atoms with E-state index in [0.29, 0.717) is 40.9 Å². The average Bonchev–Trinajstić information content (AvgIpc) is 3.88. The van der Waals surface area contributed by atoms with E-state index < -0.39 is 6.04 Å². The first-order chi connectivity index (χ1) is 30.9. The van der Waals surface area contributed by atoms with Gasteiger partial charge >= 0.3 is 11.7 Å². The number of rotatable bonds is 21.